The fraction of sp³-hybridized carbons (Fsp3) is 0.222. The highest BCUT2D eigenvalue weighted by atomic mass is 35.5. The van der Waals surface area contributed by atoms with Crippen LogP contribution < -0.4 is 15.0 Å². The Kier molecular flexibility index (Phi) is 5.27. The van der Waals surface area contributed by atoms with Crippen LogP contribution in [0.25, 0.3) is 0 Å². The lowest BCUT2D eigenvalue weighted by Gasteiger charge is -2.14. The number of cyclic esters (lactones) is 1. The van der Waals surface area contributed by atoms with E-state index in [1.807, 2.05) is 0 Å². The van der Waals surface area contributed by atoms with Crippen molar-refractivity contribution in [3.8, 4) is 5.75 Å². The predicted octanol–water partition coefficient (Wildman–Crippen LogP) is 3.24. The number of ether oxygens (including phenoxy) is 2. The molecule has 0 radical (unpaired) electrons. The molecule has 0 spiro atoms. The van der Waals surface area contributed by atoms with E-state index in [-0.39, 0.29) is 18.7 Å². The van der Waals surface area contributed by atoms with Gasteiger partial charge in [0.15, 0.2) is 0 Å². The molecule has 2 amide bonds. The molecule has 0 saturated carbocycles. The van der Waals surface area contributed by atoms with Gasteiger partial charge in [0.25, 0.3) is 5.91 Å². The third-order valence-electron chi connectivity index (χ3n) is 3.90. The van der Waals surface area contributed by atoms with Crippen LogP contribution in [0.15, 0.2) is 42.5 Å². The van der Waals surface area contributed by atoms with Gasteiger partial charge in [-0.3, -0.25) is 9.69 Å². The van der Waals surface area contributed by atoms with Crippen LogP contribution in [-0.2, 0) is 4.74 Å². The van der Waals surface area contributed by atoms with Crippen molar-refractivity contribution in [2.24, 2.45) is 0 Å². The zero-order valence-electron chi connectivity index (χ0n) is 13.9. The molecule has 6 nitrogen and oxygen atoms in total. The topological polar surface area (TPSA) is 67.9 Å². The van der Waals surface area contributed by atoms with Crippen LogP contribution in [0.1, 0.15) is 10.4 Å². The van der Waals surface area contributed by atoms with Crippen molar-refractivity contribution >= 4 is 29.3 Å². The number of benzene rings is 2. The Bertz CT molecular complexity index is 846. The molecule has 0 bridgehead atoms. The smallest absolute Gasteiger partial charge is 0.414 e. The van der Waals surface area contributed by atoms with E-state index in [0.717, 1.165) is 6.07 Å². The van der Waals surface area contributed by atoms with E-state index in [0.29, 0.717) is 16.5 Å². The molecule has 136 valence electrons. The first-order valence-corrected chi connectivity index (χ1v) is 8.21. The van der Waals surface area contributed by atoms with Crippen molar-refractivity contribution in [3.63, 3.8) is 0 Å². The number of anilines is 1. The van der Waals surface area contributed by atoms with Gasteiger partial charge in [-0.1, -0.05) is 17.7 Å². The van der Waals surface area contributed by atoms with Crippen molar-refractivity contribution in [2.45, 2.75) is 6.10 Å². The summed E-state index contributed by atoms with van der Waals surface area (Å²) in [5.41, 5.74) is 0.771. The van der Waals surface area contributed by atoms with Gasteiger partial charge in [0, 0.05) is 11.3 Å². The van der Waals surface area contributed by atoms with E-state index in [9.17, 15) is 14.0 Å². The number of hydrogen-bond donors (Lipinski definition) is 1. The van der Waals surface area contributed by atoms with E-state index in [4.69, 9.17) is 21.1 Å². The fourth-order valence-corrected chi connectivity index (χ4v) is 2.85. The Morgan fingerprint density at radius 3 is 2.88 bits per heavy atom. The number of hydrogen-bond acceptors (Lipinski definition) is 4. The monoisotopic (exact) mass is 378 g/mol. The molecule has 26 heavy (non-hydrogen) atoms. The largest absolute Gasteiger partial charge is 0.495 e. The van der Waals surface area contributed by atoms with E-state index in [2.05, 4.69) is 5.32 Å². The molecule has 1 aliphatic heterocycles. The molecule has 1 unspecified atom stereocenters. The summed E-state index contributed by atoms with van der Waals surface area (Å²) in [5.74, 6) is -0.430. The van der Waals surface area contributed by atoms with Crippen LogP contribution in [0.4, 0.5) is 14.9 Å². The third kappa shape index (κ3) is 3.88. The molecule has 1 fully saturated rings. The normalized spacial score (nSPS) is 16.3. The molecule has 1 N–H and O–H groups in total. The summed E-state index contributed by atoms with van der Waals surface area (Å²) in [6, 6.07) is 10.3. The summed E-state index contributed by atoms with van der Waals surface area (Å²) >= 11 is 6.08. The first kappa shape index (κ1) is 18.0. The van der Waals surface area contributed by atoms with Gasteiger partial charge in [-0.15, -0.1) is 0 Å². The maximum Gasteiger partial charge on any atom is 0.414 e. The second kappa shape index (κ2) is 7.61. The molecule has 2 aromatic rings. The lowest BCUT2D eigenvalue weighted by Crippen LogP contribution is -2.34. The minimum absolute atomic E-state index is 0.113. The second-order valence-electron chi connectivity index (χ2n) is 5.66. The molecule has 1 atom stereocenters. The zero-order chi connectivity index (χ0) is 18.7. The zero-order valence-corrected chi connectivity index (χ0v) is 14.6. The summed E-state index contributed by atoms with van der Waals surface area (Å²) in [6.45, 7) is 0.367. The Hall–Kier alpha value is -2.80. The Morgan fingerprint density at radius 2 is 2.19 bits per heavy atom. The molecule has 1 heterocycles. The van der Waals surface area contributed by atoms with Crippen molar-refractivity contribution < 1.29 is 23.5 Å². The van der Waals surface area contributed by atoms with Gasteiger partial charge >= 0.3 is 6.09 Å². The van der Waals surface area contributed by atoms with Crippen molar-refractivity contribution in [1.82, 2.24) is 5.32 Å². The quantitative estimate of drug-likeness (QED) is 0.867. The predicted molar refractivity (Wildman–Crippen MR) is 94.4 cm³/mol. The molecule has 2 aromatic carbocycles. The standard InChI is InChI=1S/C18H16ClFN2O4/c1-25-16-6-5-13(8-15(16)19)22-10-14(26-18(22)24)9-21-17(23)11-3-2-4-12(20)7-11/h2-8,14H,9-10H2,1H3,(H,21,23). The molecular weight excluding hydrogens is 363 g/mol. The van der Waals surface area contributed by atoms with Crippen molar-refractivity contribution in [2.75, 3.05) is 25.1 Å². The average Bonchev–Trinajstić information content (AvgIpc) is 3.00. The molecule has 8 heteroatoms. The summed E-state index contributed by atoms with van der Waals surface area (Å²) in [5, 5.41) is 3.01. The summed E-state index contributed by atoms with van der Waals surface area (Å²) in [7, 11) is 1.50. The molecule has 0 aliphatic carbocycles. The average molecular weight is 379 g/mol. The highest BCUT2D eigenvalue weighted by molar-refractivity contribution is 6.32. The number of carbonyl (C=O) groups excluding carboxylic acids is 2. The number of rotatable bonds is 5. The Balaban J connectivity index is 1.61. The van der Waals surface area contributed by atoms with Gasteiger partial charge < -0.3 is 14.8 Å². The van der Waals surface area contributed by atoms with Crippen molar-refractivity contribution in [3.05, 3.63) is 58.9 Å². The lowest BCUT2D eigenvalue weighted by atomic mass is 10.2. The van der Waals surface area contributed by atoms with Crippen LogP contribution in [0.5, 0.6) is 5.75 Å². The van der Waals surface area contributed by atoms with E-state index in [1.165, 1.54) is 30.2 Å². The highest BCUT2D eigenvalue weighted by Gasteiger charge is 2.32. The number of carbonyl (C=O) groups is 2. The first-order chi connectivity index (χ1) is 12.5. The molecule has 0 aromatic heterocycles. The SMILES string of the molecule is COc1ccc(N2CC(CNC(=O)c3cccc(F)c3)OC2=O)cc1Cl. The lowest BCUT2D eigenvalue weighted by molar-refractivity contribution is 0.0915. The van der Waals surface area contributed by atoms with Gasteiger partial charge in [-0.2, -0.15) is 0 Å². The second-order valence-corrected chi connectivity index (χ2v) is 6.06. The Labute approximate surface area is 154 Å². The number of halogens is 2. The van der Waals surface area contributed by atoms with Gasteiger partial charge in [0.05, 0.1) is 25.2 Å². The minimum Gasteiger partial charge on any atom is -0.495 e. The molecular formula is C18H16ClFN2O4. The number of methoxy groups -OCH3 is 1. The van der Waals surface area contributed by atoms with Gasteiger partial charge in [-0.05, 0) is 36.4 Å². The fourth-order valence-electron chi connectivity index (χ4n) is 2.60. The van der Waals surface area contributed by atoms with Crippen LogP contribution in [0.2, 0.25) is 5.02 Å². The van der Waals surface area contributed by atoms with Gasteiger partial charge in [0.2, 0.25) is 0 Å². The van der Waals surface area contributed by atoms with Crippen molar-refractivity contribution in [1.29, 1.82) is 0 Å². The van der Waals surface area contributed by atoms with E-state index in [1.54, 1.807) is 18.2 Å². The summed E-state index contributed by atoms with van der Waals surface area (Å²) < 4.78 is 23.5. The number of nitrogens with one attached hydrogen (secondary N) is 1. The van der Waals surface area contributed by atoms with Crippen LogP contribution >= 0.6 is 11.6 Å². The third-order valence-corrected chi connectivity index (χ3v) is 4.19. The maximum atomic E-state index is 13.2. The Morgan fingerprint density at radius 1 is 1.38 bits per heavy atom. The van der Waals surface area contributed by atoms with Gasteiger partial charge in [-0.25, -0.2) is 9.18 Å². The minimum atomic E-state index is -0.531. The summed E-state index contributed by atoms with van der Waals surface area (Å²) in [6.07, 6.45) is -1.06. The van der Waals surface area contributed by atoms with Crippen LogP contribution in [-0.4, -0.2) is 38.3 Å². The van der Waals surface area contributed by atoms with E-state index >= 15 is 0 Å². The highest BCUT2D eigenvalue weighted by Crippen LogP contribution is 2.31. The molecule has 3 rings (SSSR count). The van der Waals surface area contributed by atoms with Gasteiger partial charge in [0.1, 0.15) is 17.7 Å². The summed E-state index contributed by atoms with van der Waals surface area (Å²) in [4.78, 5) is 25.5. The maximum absolute atomic E-state index is 13.2. The van der Waals surface area contributed by atoms with Crippen LogP contribution in [0.3, 0.4) is 0 Å². The number of nitrogens with zero attached hydrogens (tertiary/aromatic N) is 1. The molecule has 1 saturated heterocycles. The number of amides is 2. The van der Waals surface area contributed by atoms with Crippen LogP contribution in [0, 0.1) is 5.82 Å². The molecule has 1 aliphatic rings. The van der Waals surface area contributed by atoms with E-state index < -0.39 is 23.9 Å². The first-order valence-electron chi connectivity index (χ1n) is 7.83.